The van der Waals surface area contributed by atoms with E-state index in [1.165, 1.54) is 23.7 Å². The van der Waals surface area contributed by atoms with Gasteiger partial charge >= 0.3 is 0 Å². The van der Waals surface area contributed by atoms with Crippen molar-refractivity contribution >= 4 is 22.4 Å². The third-order valence-electron chi connectivity index (χ3n) is 3.80. The minimum Gasteiger partial charge on any atom is -0.375 e. The van der Waals surface area contributed by atoms with Crippen molar-refractivity contribution in [2.24, 2.45) is 0 Å². The summed E-state index contributed by atoms with van der Waals surface area (Å²) < 4.78 is 0. The van der Waals surface area contributed by atoms with Crippen molar-refractivity contribution in [1.29, 1.82) is 0 Å². The maximum atomic E-state index is 11.9. The van der Waals surface area contributed by atoms with Crippen molar-refractivity contribution in [2.75, 3.05) is 5.73 Å². The van der Waals surface area contributed by atoms with E-state index in [2.05, 4.69) is 20.3 Å². The lowest BCUT2D eigenvalue weighted by Gasteiger charge is -2.35. The van der Waals surface area contributed by atoms with Crippen LogP contribution in [0.2, 0.25) is 0 Å². The van der Waals surface area contributed by atoms with E-state index in [-0.39, 0.29) is 23.4 Å². The van der Waals surface area contributed by atoms with E-state index in [0.717, 1.165) is 24.2 Å². The van der Waals surface area contributed by atoms with Gasteiger partial charge < -0.3 is 16.0 Å². The Morgan fingerprint density at radius 2 is 2.32 bits per heavy atom. The highest BCUT2D eigenvalue weighted by molar-refractivity contribution is 7.13. The molecule has 0 saturated heterocycles. The standard InChI is InChI=1S/C14H17N5O2S/c15-14-19-9(6-22-14)1-2-12(20)18-10-3-8(4-10)11-5-13(21)17-7-16-11/h5-8,10H,1-4H2,(H2,15,19)(H,18,20)(H,16,17,21). The largest absolute Gasteiger partial charge is 0.375 e. The Morgan fingerprint density at radius 3 is 3.00 bits per heavy atom. The lowest BCUT2D eigenvalue weighted by molar-refractivity contribution is -0.122. The number of hydrogen-bond donors (Lipinski definition) is 3. The van der Waals surface area contributed by atoms with Crippen LogP contribution < -0.4 is 16.6 Å². The molecular weight excluding hydrogens is 302 g/mol. The quantitative estimate of drug-likeness (QED) is 0.754. The van der Waals surface area contributed by atoms with Crippen LogP contribution in [0.4, 0.5) is 5.13 Å². The molecule has 1 amide bonds. The molecule has 2 heterocycles. The van der Waals surface area contributed by atoms with Gasteiger partial charge in [0.25, 0.3) is 5.56 Å². The third-order valence-corrected chi connectivity index (χ3v) is 4.52. The Balaban J connectivity index is 1.42. The molecule has 0 unspecified atom stereocenters. The number of carbonyl (C=O) groups excluding carboxylic acids is 1. The van der Waals surface area contributed by atoms with Crippen molar-refractivity contribution in [3.05, 3.63) is 39.5 Å². The van der Waals surface area contributed by atoms with Gasteiger partial charge in [0.15, 0.2) is 5.13 Å². The number of aryl methyl sites for hydroxylation is 1. The summed E-state index contributed by atoms with van der Waals surface area (Å²) >= 11 is 1.38. The zero-order valence-corrected chi connectivity index (χ0v) is 12.7. The van der Waals surface area contributed by atoms with Crippen LogP contribution in [0.5, 0.6) is 0 Å². The molecule has 0 bridgehead atoms. The van der Waals surface area contributed by atoms with Gasteiger partial charge in [-0.05, 0) is 19.3 Å². The van der Waals surface area contributed by atoms with E-state index in [0.29, 0.717) is 18.0 Å². The number of hydrogen-bond acceptors (Lipinski definition) is 6. The third kappa shape index (κ3) is 3.51. The number of carbonyl (C=O) groups is 1. The van der Waals surface area contributed by atoms with Gasteiger partial charge in [-0.15, -0.1) is 11.3 Å². The number of anilines is 1. The monoisotopic (exact) mass is 319 g/mol. The number of amides is 1. The number of nitrogens with zero attached hydrogens (tertiary/aromatic N) is 2. The van der Waals surface area contributed by atoms with Crippen molar-refractivity contribution < 1.29 is 4.79 Å². The lowest BCUT2D eigenvalue weighted by atomic mass is 9.78. The first kappa shape index (κ1) is 14.7. The zero-order valence-electron chi connectivity index (χ0n) is 11.9. The van der Waals surface area contributed by atoms with E-state index in [4.69, 9.17) is 5.73 Å². The molecular formula is C14H17N5O2S. The Morgan fingerprint density at radius 1 is 1.50 bits per heavy atom. The topological polar surface area (TPSA) is 114 Å². The summed E-state index contributed by atoms with van der Waals surface area (Å²) in [6, 6.07) is 1.69. The van der Waals surface area contributed by atoms with Crippen molar-refractivity contribution in [3.63, 3.8) is 0 Å². The maximum Gasteiger partial charge on any atom is 0.250 e. The molecule has 1 aliphatic rings. The predicted molar refractivity (Wildman–Crippen MR) is 83.6 cm³/mol. The molecule has 116 valence electrons. The minimum absolute atomic E-state index is 0.0221. The van der Waals surface area contributed by atoms with Crippen LogP contribution in [0.25, 0.3) is 0 Å². The number of aromatic nitrogens is 3. The summed E-state index contributed by atoms with van der Waals surface area (Å²) in [5, 5.41) is 5.41. The highest BCUT2D eigenvalue weighted by Gasteiger charge is 2.32. The first-order valence-corrected chi connectivity index (χ1v) is 8.02. The number of nitrogens with one attached hydrogen (secondary N) is 2. The molecule has 2 aromatic heterocycles. The Kier molecular flexibility index (Phi) is 4.19. The number of thiazole rings is 1. The van der Waals surface area contributed by atoms with Crippen LogP contribution in [0.3, 0.4) is 0 Å². The van der Waals surface area contributed by atoms with Gasteiger partial charge in [0.2, 0.25) is 5.91 Å². The second kappa shape index (κ2) is 6.27. The molecule has 0 atom stereocenters. The molecule has 1 saturated carbocycles. The van der Waals surface area contributed by atoms with Gasteiger partial charge in [-0.2, -0.15) is 0 Å². The second-order valence-corrected chi connectivity index (χ2v) is 6.34. The summed E-state index contributed by atoms with van der Waals surface area (Å²) in [5.74, 6) is 0.278. The molecule has 0 spiro atoms. The van der Waals surface area contributed by atoms with Crippen LogP contribution in [0.1, 0.15) is 36.6 Å². The summed E-state index contributed by atoms with van der Waals surface area (Å²) in [6.45, 7) is 0. The van der Waals surface area contributed by atoms with Crippen molar-refractivity contribution in [1.82, 2.24) is 20.3 Å². The number of nitrogen functional groups attached to an aromatic ring is 1. The number of nitrogens with two attached hydrogens (primary N) is 1. The highest BCUT2D eigenvalue weighted by Crippen LogP contribution is 2.35. The highest BCUT2D eigenvalue weighted by atomic mass is 32.1. The minimum atomic E-state index is -0.139. The van der Waals surface area contributed by atoms with Gasteiger partial charge in [-0.25, -0.2) is 9.97 Å². The maximum absolute atomic E-state index is 11.9. The predicted octanol–water partition coefficient (Wildman–Crippen LogP) is 0.804. The van der Waals surface area contributed by atoms with Crippen LogP contribution >= 0.6 is 11.3 Å². The number of H-pyrrole nitrogens is 1. The normalized spacial score (nSPS) is 20.4. The van der Waals surface area contributed by atoms with Gasteiger partial charge in [-0.1, -0.05) is 0 Å². The Hall–Kier alpha value is -2.22. The molecule has 22 heavy (non-hydrogen) atoms. The summed E-state index contributed by atoms with van der Waals surface area (Å²) in [4.78, 5) is 33.9. The number of aromatic amines is 1. The average molecular weight is 319 g/mol. The van der Waals surface area contributed by atoms with Gasteiger partial charge in [0.05, 0.1) is 17.7 Å². The van der Waals surface area contributed by atoms with Crippen molar-refractivity contribution in [3.8, 4) is 0 Å². The van der Waals surface area contributed by atoms with Crippen molar-refractivity contribution in [2.45, 2.75) is 37.6 Å². The van der Waals surface area contributed by atoms with Crippen LogP contribution in [-0.4, -0.2) is 26.9 Å². The van der Waals surface area contributed by atoms with Gasteiger partial charge in [0.1, 0.15) is 0 Å². The SMILES string of the molecule is Nc1nc(CCC(=O)NC2CC(c3cc(=O)[nH]cn3)C2)cs1. The lowest BCUT2D eigenvalue weighted by Crippen LogP contribution is -2.43. The molecule has 0 radical (unpaired) electrons. The van der Waals surface area contributed by atoms with E-state index in [1.54, 1.807) is 0 Å². The zero-order chi connectivity index (χ0) is 15.5. The molecule has 2 aromatic rings. The molecule has 1 aliphatic carbocycles. The fraction of sp³-hybridized carbons (Fsp3) is 0.429. The van der Waals surface area contributed by atoms with Gasteiger partial charge in [0, 0.05) is 29.8 Å². The summed E-state index contributed by atoms with van der Waals surface area (Å²) in [6.07, 6.45) is 4.08. The van der Waals surface area contributed by atoms with E-state index in [1.807, 2.05) is 5.38 Å². The molecule has 0 aromatic carbocycles. The second-order valence-electron chi connectivity index (χ2n) is 5.45. The average Bonchev–Trinajstić information content (AvgIpc) is 2.86. The number of rotatable bonds is 5. The van der Waals surface area contributed by atoms with E-state index in [9.17, 15) is 9.59 Å². The summed E-state index contributed by atoms with van der Waals surface area (Å²) in [5.41, 5.74) is 7.07. The molecule has 8 heteroatoms. The Bertz CT molecular complexity index is 720. The van der Waals surface area contributed by atoms with Gasteiger partial charge in [-0.3, -0.25) is 9.59 Å². The molecule has 7 nitrogen and oxygen atoms in total. The summed E-state index contributed by atoms with van der Waals surface area (Å²) in [7, 11) is 0. The molecule has 0 aliphatic heterocycles. The fourth-order valence-corrected chi connectivity index (χ4v) is 3.16. The van der Waals surface area contributed by atoms with Crippen LogP contribution in [0.15, 0.2) is 22.6 Å². The Labute approximate surface area is 131 Å². The fourth-order valence-electron chi connectivity index (χ4n) is 2.56. The molecule has 4 N–H and O–H groups in total. The van der Waals surface area contributed by atoms with Crippen LogP contribution in [0, 0.1) is 0 Å². The molecule has 1 fully saturated rings. The first-order chi connectivity index (χ1) is 10.6. The smallest absolute Gasteiger partial charge is 0.250 e. The van der Waals surface area contributed by atoms with E-state index >= 15 is 0 Å². The van der Waals surface area contributed by atoms with E-state index < -0.39 is 0 Å². The first-order valence-electron chi connectivity index (χ1n) is 7.14. The molecule has 3 rings (SSSR count). The van der Waals surface area contributed by atoms with Crippen LogP contribution in [-0.2, 0) is 11.2 Å².